The van der Waals surface area contributed by atoms with Crippen LogP contribution in [0.5, 0.6) is 0 Å². The Balaban J connectivity index is 1.93. The number of para-hydroxylation sites is 2. The molecule has 0 bridgehead atoms. The molecule has 1 spiro atoms. The van der Waals surface area contributed by atoms with Crippen LogP contribution in [0.2, 0.25) is 0 Å². The predicted octanol–water partition coefficient (Wildman–Crippen LogP) is 2.30. The first kappa shape index (κ1) is 14.4. The van der Waals surface area contributed by atoms with E-state index in [0.29, 0.717) is 0 Å². The van der Waals surface area contributed by atoms with E-state index in [1.165, 1.54) is 0 Å². The number of hydrazine groups is 1. The lowest BCUT2D eigenvalue weighted by molar-refractivity contribution is -0.117. The maximum Gasteiger partial charge on any atom is 0.262 e. The Bertz CT molecular complexity index is 769. The molecule has 2 aromatic carbocycles. The molecule has 0 aromatic heterocycles. The zero-order valence-corrected chi connectivity index (χ0v) is 13.2. The van der Waals surface area contributed by atoms with Crippen LogP contribution >= 0.6 is 11.8 Å². The molecule has 0 aliphatic carbocycles. The Morgan fingerprint density at radius 1 is 1.04 bits per heavy atom. The maximum absolute atomic E-state index is 13.0. The van der Waals surface area contributed by atoms with Crippen molar-refractivity contribution in [2.75, 3.05) is 17.6 Å². The summed E-state index contributed by atoms with van der Waals surface area (Å²) in [5.74, 6) is 0.713. The second kappa shape index (κ2) is 5.81. The van der Waals surface area contributed by atoms with Gasteiger partial charge in [0.25, 0.3) is 5.91 Å². The second-order valence-corrected chi connectivity index (χ2v) is 6.69. The highest BCUT2D eigenvalue weighted by atomic mass is 32.2. The van der Waals surface area contributed by atoms with Crippen molar-refractivity contribution in [3.63, 3.8) is 0 Å². The summed E-state index contributed by atoms with van der Waals surface area (Å²) >= 11 is 1.57. The highest BCUT2D eigenvalue weighted by molar-refractivity contribution is 8.02. The molecular formula is C17H16N4OS. The molecule has 2 heterocycles. The summed E-state index contributed by atoms with van der Waals surface area (Å²) in [7, 11) is 0. The Morgan fingerprint density at radius 3 is 2.61 bits per heavy atom. The molecule has 1 saturated heterocycles. The number of hydrogen-bond donors (Lipinski definition) is 3. The van der Waals surface area contributed by atoms with Gasteiger partial charge in [0.1, 0.15) is 0 Å². The molecule has 5 nitrogen and oxygen atoms in total. The van der Waals surface area contributed by atoms with Crippen LogP contribution in [0.25, 0.3) is 0 Å². The van der Waals surface area contributed by atoms with Gasteiger partial charge in [-0.3, -0.25) is 10.2 Å². The van der Waals surface area contributed by atoms with Crippen LogP contribution in [0, 0.1) is 0 Å². The lowest BCUT2D eigenvalue weighted by atomic mass is 10.0. The minimum atomic E-state index is -0.946. The van der Waals surface area contributed by atoms with Gasteiger partial charge in [0.15, 0.2) is 0 Å². The van der Waals surface area contributed by atoms with Crippen LogP contribution in [-0.2, 0) is 4.79 Å². The molecule has 0 radical (unpaired) electrons. The van der Waals surface area contributed by atoms with Crippen LogP contribution in [0.15, 0.2) is 59.6 Å². The molecule has 2 aliphatic rings. The van der Waals surface area contributed by atoms with Gasteiger partial charge in [0.05, 0.1) is 17.1 Å². The summed E-state index contributed by atoms with van der Waals surface area (Å²) in [6.45, 7) is 0.800. The van der Waals surface area contributed by atoms with Crippen molar-refractivity contribution in [3.05, 3.63) is 60.2 Å². The number of anilines is 1. The van der Waals surface area contributed by atoms with Gasteiger partial charge in [-0.25, -0.2) is 10.4 Å². The number of hydrogen-bond acceptors (Lipinski definition) is 5. The van der Waals surface area contributed by atoms with Crippen molar-refractivity contribution >= 4 is 34.8 Å². The summed E-state index contributed by atoms with van der Waals surface area (Å²) in [5, 5.41) is 3.01. The Kier molecular flexibility index (Phi) is 3.65. The number of rotatable bonds is 1. The van der Waals surface area contributed by atoms with Crippen LogP contribution in [0.4, 0.5) is 11.4 Å². The number of aliphatic imine (C=N–C) groups is 1. The van der Waals surface area contributed by atoms with Crippen molar-refractivity contribution in [1.29, 1.82) is 0 Å². The van der Waals surface area contributed by atoms with E-state index in [9.17, 15) is 4.79 Å². The normalized spacial score (nSPS) is 23.7. The smallest absolute Gasteiger partial charge is 0.262 e. The molecular weight excluding hydrogens is 308 g/mol. The Morgan fingerprint density at radius 2 is 1.83 bits per heavy atom. The molecule has 1 fully saturated rings. The van der Waals surface area contributed by atoms with Crippen molar-refractivity contribution in [2.45, 2.75) is 4.87 Å². The molecule has 1 unspecified atom stereocenters. The molecule has 0 saturated carbocycles. The third-order valence-corrected chi connectivity index (χ3v) is 5.22. The number of nitrogens with one attached hydrogen (secondary N) is 3. The summed E-state index contributed by atoms with van der Waals surface area (Å²) in [6, 6.07) is 17.5. The van der Waals surface area contributed by atoms with Gasteiger partial charge in [0, 0.05) is 12.3 Å². The molecule has 1 atom stereocenters. The lowest BCUT2D eigenvalue weighted by Crippen LogP contribution is -2.65. The van der Waals surface area contributed by atoms with E-state index in [2.05, 4.69) is 16.2 Å². The van der Waals surface area contributed by atoms with Crippen molar-refractivity contribution in [1.82, 2.24) is 10.9 Å². The zero-order valence-electron chi connectivity index (χ0n) is 12.4. The van der Waals surface area contributed by atoms with E-state index in [0.717, 1.165) is 34.9 Å². The van der Waals surface area contributed by atoms with Crippen LogP contribution in [-0.4, -0.2) is 28.8 Å². The molecule has 116 valence electrons. The fourth-order valence-corrected chi connectivity index (χ4v) is 3.92. The van der Waals surface area contributed by atoms with Gasteiger partial charge in [0.2, 0.25) is 4.87 Å². The fourth-order valence-electron chi connectivity index (χ4n) is 2.79. The van der Waals surface area contributed by atoms with E-state index in [1.807, 2.05) is 54.6 Å². The van der Waals surface area contributed by atoms with E-state index >= 15 is 0 Å². The Labute approximate surface area is 138 Å². The van der Waals surface area contributed by atoms with Gasteiger partial charge >= 0.3 is 0 Å². The zero-order chi connectivity index (χ0) is 15.7. The minimum Gasteiger partial charge on any atom is -0.321 e. The molecule has 6 heteroatoms. The predicted molar refractivity (Wildman–Crippen MR) is 94.0 cm³/mol. The largest absolute Gasteiger partial charge is 0.321 e. The van der Waals surface area contributed by atoms with Crippen LogP contribution in [0.3, 0.4) is 0 Å². The first-order valence-corrected chi connectivity index (χ1v) is 8.47. The summed E-state index contributed by atoms with van der Waals surface area (Å²) in [5.41, 5.74) is 9.45. The third kappa shape index (κ3) is 2.45. The number of carbonyl (C=O) groups excluding carboxylic acids is 1. The number of thioether (sulfide) groups is 1. The lowest BCUT2D eigenvalue weighted by Gasteiger charge is -2.36. The standard InChI is InChI=1S/C17H16N4OS/c22-16-17(21-18-10-11-23-17)15(12-6-2-1-3-7-12)19-13-8-4-5-9-14(13)20-16/h1-9,18,21H,10-11H2,(H,20,22). The average Bonchev–Trinajstić information content (AvgIpc) is 2.72. The van der Waals surface area contributed by atoms with E-state index in [4.69, 9.17) is 4.99 Å². The quantitative estimate of drug-likeness (QED) is 0.753. The third-order valence-electron chi connectivity index (χ3n) is 3.90. The highest BCUT2D eigenvalue weighted by Gasteiger charge is 2.47. The van der Waals surface area contributed by atoms with Gasteiger partial charge in [-0.1, -0.05) is 42.5 Å². The summed E-state index contributed by atoms with van der Waals surface area (Å²) in [4.78, 5) is 16.9. The molecule has 1 amide bonds. The van der Waals surface area contributed by atoms with Gasteiger partial charge < -0.3 is 5.32 Å². The van der Waals surface area contributed by atoms with Gasteiger partial charge in [-0.05, 0) is 17.7 Å². The van der Waals surface area contributed by atoms with Crippen molar-refractivity contribution in [3.8, 4) is 0 Å². The topological polar surface area (TPSA) is 65.5 Å². The number of carbonyl (C=O) groups is 1. The van der Waals surface area contributed by atoms with Crippen molar-refractivity contribution in [2.24, 2.45) is 4.99 Å². The molecule has 2 aromatic rings. The Hall–Kier alpha value is -2.15. The monoisotopic (exact) mass is 324 g/mol. The second-order valence-electron chi connectivity index (χ2n) is 5.38. The number of nitrogens with zero attached hydrogens (tertiary/aromatic N) is 1. The van der Waals surface area contributed by atoms with E-state index in [-0.39, 0.29) is 5.91 Å². The fraction of sp³-hybridized carbons (Fsp3) is 0.176. The average molecular weight is 324 g/mol. The van der Waals surface area contributed by atoms with Crippen LogP contribution < -0.4 is 16.2 Å². The van der Waals surface area contributed by atoms with E-state index in [1.54, 1.807) is 11.8 Å². The number of fused-ring (bicyclic) bond motifs is 1. The molecule has 2 aliphatic heterocycles. The summed E-state index contributed by atoms with van der Waals surface area (Å²) < 4.78 is 0. The maximum atomic E-state index is 13.0. The van der Waals surface area contributed by atoms with Gasteiger partial charge in [-0.15, -0.1) is 11.8 Å². The number of amides is 1. The first-order chi connectivity index (χ1) is 11.3. The minimum absolute atomic E-state index is 0.109. The van der Waals surface area contributed by atoms with Gasteiger partial charge in [-0.2, -0.15) is 0 Å². The number of benzene rings is 2. The SMILES string of the molecule is O=C1Nc2ccccc2N=C(c2ccccc2)C12NNCCS2. The molecule has 23 heavy (non-hydrogen) atoms. The molecule has 4 rings (SSSR count). The van der Waals surface area contributed by atoms with Crippen molar-refractivity contribution < 1.29 is 4.79 Å². The first-order valence-electron chi connectivity index (χ1n) is 7.49. The van der Waals surface area contributed by atoms with E-state index < -0.39 is 4.87 Å². The highest BCUT2D eigenvalue weighted by Crippen LogP contribution is 2.37. The van der Waals surface area contributed by atoms with Crippen LogP contribution in [0.1, 0.15) is 5.56 Å². The molecule has 3 N–H and O–H groups in total. The summed E-state index contributed by atoms with van der Waals surface area (Å²) in [6.07, 6.45) is 0.